The number of carboxylic acids is 1. The maximum atomic E-state index is 13.4. The van der Waals surface area contributed by atoms with Gasteiger partial charge < -0.3 is 10.4 Å². The fourth-order valence-corrected chi connectivity index (χ4v) is 1.97. The lowest BCUT2D eigenvalue weighted by atomic mass is 10.1. The van der Waals surface area contributed by atoms with Gasteiger partial charge in [0.15, 0.2) is 23.3 Å². The zero-order valence-corrected chi connectivity index (χ0v) is 10.4. The van der Waals surface area contributed by atoms with Crippen molar-refractivity contribution in [2.75, 3.05) is 0 Å². The SMILES string of the molecule is O=C(NC1C=CC(C(=O)O)C1)c1cc(F)c(F)c(F)c1F. The molecule has 2 N–H and O–H groups in total. The molecule has 1 amide bonds. The maximum Gasteiger partial charge on any atom is 0.310 e. The van der Waals surface area contributed by atoms with Crippen molar-refractivity contribution in [1.29, 1.82) is 0 Å². The molecule has 1 aliphatic rings. The Hall–Kier alpha value is -2.38. The lowest BCUT2D eigenvalue weighted by Gasteiger charge is -2.13. The number of halogens is 4. The number of hydrogen-bond donors (Lipinski definition) is 2. The summed E-state index contributed by atoms with van der Waals surface area (Å²) in [5, 5.41) is 11.0. The summed E-state index contributed by atoms with van der Waals surface area (Å²) < 4.78 is 52.2. The second kappa shape index (κ2) is 5.55. The van der Waals surface area contributed by atoms with Crippen molar-refractivity contribution in [2.45, 2.75) is 12.5 Å². The minimum Gasteiger partial charge on any atom is -0.481 e. The molecule has 0 radical (unpaired) electrons. The van der Waals surface area contributed by atoms with E-state index in [0.717, 1.165) is 0 Å². The minimum absolute atomic E-state index is 0.0366. The third-order valence-electron chi connectivity index (χ3n) is 3.06. The van der Waals surface area contributed by atoms with Crippen molar-refractivity contribution in [3.8, 4) is 0 Å². The van der Waals surface area contributed by atoms with Gasteiger partial charge in [-0.25, -0.2) is 17.6 Å². The number of amides is 1. The van der Waals surface area contributed by atoms with Crippen LogP contribution in [0.2, 0.25) is 0 Å². The molecule has 0 aromatic heterocycles. The summed E-state index contributed by atoms with van der Waals surface area (Å²) in [6.45, 7) is 0. The Morgan fingerprint density at radius 3 is 2.33 bits per heavy atom. The normalized spacial score (nSPS) is 20.6. The Balaban J connectivity index is 2.16. The molecule has 112 valence electrons. The Morgan fingerprint density at radius 1 is 1.10 bits per heavy atom. The topological polar surface area (TPSA) is 66.4 Å². The van der Waals surface area contributed by atoms with Crippen LogP contribution in [-0.4, -0.2) is 23.0 Å². The van der Waals surface area contributed by atoms with Gasteiger partial charge in [-0.15, -0.1) is 0 Å². The first-order valence-electron chi connectivity index (χ1n) is 5.86. The summed E-state index contributed by atoms with van der Waals surface area (Å²) in [7, 11) is 0. The van der Waals surface area contributed by atoms with Crippen molar-refractivity contribution < 1.29 is 32.3 Å². The highest BCUT2D eigenvalue weighted by Gasteiger charge is 2.28. The Kier molecular flexibility index (Phi) is 3.97. The van der Waals surface area contributed by atoms with Crippen LogP contribution in [0.1, 0.15) is 16.8 Å². The van der Waals surface area contributed by atoms with Crippen molar-refractivity contribution in [3.05, 3.63) is 47.1 Å². The summed E-state index contributed by atoms with van der Waals surface area (Å²) in [6.07, 6.45) is 2.76. The molecule has 21 heavy (non-hydrogen) atoms. The van der Waals surface area contributed by atoms with Crippen molar-refractivity contribution in [3.63, 3.8) is 0 Å². The van der Waals surface area contributed by atoms with Gasteiger partial charge in [0.1, 0.15) is 0 Å². The molecule has 1 aromatic rings. The third-order valence-corrected chi connectivity index (χ3v) is 3.06. The van der Waals surface area contributed by atoms with Crippen LogP contribution in [0, 0.1) is 29.2 Å². The molecule has 0 heterocycles. The number of rotatable bonds is 3. The molecule has 0 aliphatic heterocycles. The van der Waals surface area contributed by atoms with Gasteiger partial charge in [-0.05, 0) is 12.5 Å². The minimum atomic E-state index is -2.08. The van der Waals surface area contributed by atoms with E-state index in [1.54, 1.807) is 0 Å². The van der Waals surface area contributed by atoms with Gasteiger partial charge in [-0.2, -0.15) is 0 Å². The molecule has 0 spiro atoms. The van der Waals surface area contributed by atoms with Crippen LogP contribution in [0.15, 0.2) is 18.2 Å². The van der Waals surface area contributed by atoms with Gasteiger partial charge >= 0.3 is 5.97 Å². The van der Waals surface area contributed by atoms with E-state index in [4.69, 9.17) is 5.11 Å². The van der Waals surface area contributed by atoms with E-state index in [1.165, 1.54) is 12.2 Å². The van der Waals surface area contributed by atoms with E-state index < -0.39 is 52.7 Å². The number of carboxylic acid groups (broad SMARTS) is 1. The summed E-state index contributed by atoms with van der Waals surface area (Å²) in [6, 6.07) is -0.467. The van der Waals surface area contributed by atoms with Crippen LogP contribution in [0.5, 0.6) is 0 Å². The van der Waals surface area contributed by atoms with E-state index >= 15 is 0 Å². The molecule has 0 saturated carbocycles. The molecular formula is C13H9F4NO3. The third kappa shape index (κ3) is 2.88. The van der Waals surface area contributed by atoms with Crippen LogP contribution in [0.3, 0.4) is 0 Å². The van der Waals surface area contributed by atoms with Crippen LogP contribution in [0.4, 0.5) is 17.6 Å². The molecule has 2 unspecified atom stereocenters. The quantitative estimate of drug-likeness (QED) is 0.388. The van der Waals surface area contributed by atoms with Gasteiger partial charge in [0.25, 0.3) is 5.91 Å². The van der Waals surface area contributed by atoms with E-state index in [-0.39, 0.29) is 12.5 Å². The van der Waals surface area contributed by atoms with Crippen molar-refractivity contribution in [1.82, 2.24) is 5.32 Å². The van der Waals surface area contributed by atoms with Crippen molar-refractivity contribution >= 4 is 11.9 Å². The van der Waals surface area contributed by atoms with E-state index in [0.29, 0.717) is 0 Å². The fourth-order valence-electron chi connectivity index (χ4n) is 1.97. The summed E-state index contributed by atoms with van der Waals surface area (Å²) in [4.78, 5) is 22.4. The molecule has 1 aliphatic carbocycles. The highest BCUT2D eigenvalue weighted by atomic mass is 19.2. The average Bonchev–Trinajstić information content (AvgIpc) is 2.89. The van der Waals surface area contributed by atoms with Gasteiger partial charge in [0, 0.05) is 6.04 Å². The Bertz CT molecular complexity index is 645. The highest BCUT2D eigenvalue weighted by Crippen LogP contribution is 2.21. The van der Waals surface area contributed by atoms with Crippen LogP contribution < -0.4 is 5.32 Å². The standard InChI is InChI=1S/C13H9F4NO3/c14-8-4-7(9(15)11(17)10(8)16)12(19)18-6-2-1-5(3-6)13(20)21/h1-2,4-6H,3H2,(H,18,19)(H,20,21). The number of aliphatic carboxylic acids is 1. The molecule has 2 rings (SSSR count). The number of benzene rings is 1. The predicted molar refractivity (Wildman–Crippen MR) is 62.4 cm³/mol. The first-order valence-corrected chi connectivity index (χ1v) is 5.86. The molecule has 8 heteroatoms. The number of nitrogens with one attached hydrogen (secondary N) is 1. The lowest BCUT2D eigenvalue weighted by Crippen LogP contribution is -2.34. The zero-order valence-electron chi connectivity index (χ0n) is 10.4. The van der Waals surface area contributed by atoms with Crippen LogP contribution >= 0.6 is 0 Å². The van der Waals surface area contributed by atoms with Gasteiger partial charge in [0.05, 0.1) is 11.5 Å². The van der Waals surface area contributed by atoms with Crippen LogP contribution in [-0.2, 0) is 4.79 Å². The largest absolute Gasteiger partial charge is 0.481 e. The molecule has 1 aromatic carbocycles. The summed E-state index contributed by atoms with van der Waals surface area (Å²) in [5.41, 5.74) is -0.987. The Morgan fingerprint density at radius 2 is 1.76 bits per heavy atom. The van der Waals surface area contributed by atoms with Gasteiger partial charge in [-0.1, -0.05) is 12.2 Å². The lowest BCUT2D eigenvalue weighted by molar-refractivity contribution is -0.140. The first-order chi connectivity index (χ1) is 9.81. The number of carbonyl (C=O) groups excluding carboxylic acids is 1. The summed E-state index contributed by atoms with van der Waals surface area (Å²) >= 11 is 0. The number of hydrogen-bond acceptors (Lipinski definition) is 2. The van der Waals surface area contributed by atoms with E-state index in [1.807, 2.05) is 0 Å². The molecule has 0 bridgehead atoms. The second-order valence-electron chi connectivity index (χ2n) is 4.49. The van der Waals surface area contributed by atoms with E-state index in [2.05, 4.69) is 5.32 Å². The smallest absolute Gasteiger partial charge is 0.310 e. The van der Waals surface area contributed by atoms with E-state index in [9.17, 15) is 27.2 Å². The molecular weight excluding hydrogens is 294 g/mol. The first kappa shape index (κ1) is 15.0. The van der Waals surface area contributed by atoms with Gasteiger partial charge in [0.2, 0.25) is 0 Å². The van der Waals surface area contributed by atoms with Crippen molar-refractivity contribution in [2.24, 2.45) is 5.92 Å². The second-order valence-corrected chi connectivity index (χ2v) is 4.49. The molecule has 0 fully saturated rings. The number of carbonyl (C=O) groups is 2. The highest BCUT2D eigenvalue weighted by molar-refractivity contribution is 5.95. The monoisotopic (exact) mass is 303 g/mol. The summed E-state index contributed by atoms with van der Waals surface area (Å²) in [5.74, 6) is -10.6. The van der Waals surface area contributed by atoms with Crippen LogP contribution in [0.25, 0.3) is 0 Å². The average molecular weight is 303 g/mol. The predicted octanol–water partition coefficient (Wildman–Crippen LogP) is 2.00. The fraction of sp³-hybridized carbons (Fsp3) is 0.231. The zero-order chi connectivity index (χ0) is 15.7. The van der Waals surface area contributed by atoms with Gasteiger partial charge in [-0.3, -0.25) is 9.59 Å². The maximum absolute atomic E-state index is 13.4. The molecule has 2 atom stereocenters. The molecule has 0 saturated heterocycles. The Labute approximate surface area is 116 Å². The molecule has 4 nitrogen and oxygen atoms in total.